The highest BCUT2D eigenvalue weighted by Gasteiger charge is 2.30. The van der Waals surface area contributed by atoms with E-state index in [1.807, 2.05) is 24.3 Å². The normalized spacial score (nSPS) is 17.8. The number of likely N-dealkylation sites (tertiary alicyclic amines) is 1. The Morgan fingerprint density at radius 3 is 2.60 bits per heavy atom. The minimum absolute atomic E-state index is 0.0563. The Labute approximate surface area is 155 Å². The number of hydrogen-bond donors (Lipinski definition) is 1. The molecule has 1 aliphatic heterocycles. The van der Waals surface area contributed by atoms with Crippen molar-refractivity contribution in [3.05, 3.63) is 34.9 Å². The number of rotatable bonds is 8. The quantitative estimate of drug-likeness (QED) is 0.770. The first-order valence-corrected chi connectivity index (χ1v) is 9.43. The van der Waals surface area contributed by atoms with Crippen LogP contribution in [0.2, 0.25) is 5.02 Å². The van der Waals surface area contributed by atoms with Crippen LogP contribution in [-0.2, 0) is 16.1 Å². The molecule has 1 atom stereocenters. The van der Waals surface area contributed by atoms with Gasteiger partial charge in [-0.05, 0) is 37.2 Å². The summed E-state index contributed by atoms with van der Waals surface area (Å²) in [6.07, 6.45) is 1.06. The van der Waals surface area contributed by atoms with Gasteiger partial charge in [0.25, 0.3) is 0 Å². The first kappa shape index (κ1) is 19.7. The second kappa shape index (κ2) is 9.78. The van der Waals surface area contributed by atoms with Gasteiger partial charge in [-0.2, -0.15) is 0 Å². The second-order valence-electron chi connectivity index (χ2n) is 6.45. The fourth-order valence-electron chi connectivity index (χ4n) is 3.11. The van der Waals surface area contributed by atoms with E-state index in [0.29, 0.717) is 37.5 Å². The highest BCUT2D eigenvalue weighted by molar-refractivity contribution is 6.30. The lowest BCUT2D eigenvalue weighted by atomic mass is 9.96. The molecule has 0 spiro atoms. The van der Waals surface area contributed by atoms with Crippen LogP contribution in [0.25, 0.3) is 0 Å². The zero-order valence-corrected chi connectivity index (χ0v) is 15.9. The van der Waals surface area contributed by atoms with Crippen LogP contribution in [0.15, 0.2) is 24.3 Å². The van der Waals surface area contributed by atoms with Crippen LogP contribution in [-0.4, -0.2) is 54.3 Å². The third-order valence-electron chi connectivity index (χ3n) is 4.78. The van der Waals surface area contributed by atoms with Crippen molar-refractivity contribution in [1.82, 2.24) is 15.1 Å². The van der Waals surface area contributed by atoms with Gasteiger partial charge in [-0.15, -0.1) is 0 Å². The molecule has 0 saturated carbocycles. The standard InChI is InChI=1S/C19H28ClN3O2/c1-3-22(4-2)12-11-21-19(25)16-7-10-18(24)23(14-16)13-15-5-8-17(20)9-6-15/h5-6,8-9,16H,3-4,7,10-14H2,1-2H3,(H,21,25)/t16-/m1/s1. The Morgan fingerprint density at radius 1 is 1.28 bits per heavy atom. The average Bonchev–Trinajstić information content (AvgIpc) is 2.62. The molecule has 0 aromatic heterocycles. The maximum Gasteiger partial charge on any atom is 0.224 e. The SMILES string of the molecule is CCN(CC)CCNC(=O)[C@@H]1CCC(=O)N(Cc2ccc(Cl)cc2)C1. The summed E-state index contributed by atoms with van der Waals surface area (Å²) in [7, 11) is 0. The molecule has 25 heavy (non-hydrogen) atoms. The van der Waals surface area contributed by atoms with E-state index in [-0.39, 0.29) is 17.7 Å². The highest BCUT2D eigenvalue weighted by Crippen LogP contribution is 2.20. The van der Waals surface area contributed by atoms with Gasteiger partial charge in [0.15, 0.2) is 0 Å². The van der Waals surface area contributed by atoms with Gasteiger partial charge in [0, 0.05) is 37.6 Å². The van der Waals surface area contributed by atoms with Crippen molar-refractivity contribution in [2.45, 2.75) is 33.2 Å². The summed E-state index contributed by atoms with van der Waals surface area (Å²) in [4.78, 5) is 28.7. The number of nitrogens with one attached hydrogen (secondary N) is 1. The first-order chi connectivity index (χ1) is 12.0. The monoisotopic (exact) mass is 365 g/mol. The van der Waals surface area contributed by atoms with E-state index in [9.17, 15) is 9.59 Å². The Kier molecular flexibility index (Phi) is 7.72. The smallest absolute Gasteiger partial charge is 0.224 e. The van der Waals surface area contributed by atoms with Crippen LogP contribution in [0.1, 0.15) is 32.3 Å². The Hall–Kier alpha value is -1.59. The summed E-state index contributed by atoms with van der Waals surface area (Å²) in [6, 6.07) is 7.48. The van der Waals surface area contributed by atoms with Crippen molar-refractivity contribution < 1.29 is 9.59 Å². The lowest BCUT2D eigenvalue weighted by Gasteiger charge is -2.32. The first-order valence-electron chi connectivity index (χ1n) is 9.05. The summed E-state index contributed by atoms with van der Waals surface area (Å²) >= 11 is 5.90. The number of nitrogens with zero attached hydrogens (tertiary/aromatic N) is 2. The molecule has 1 aromatic rings. The topological polar surface area (TPSA) is 52.7 Å². The largest absolute Gasteiger partial charge is 0.355 e. The molecule has 1 fully saturated rings. The van der Waals surface area contributed by atoms with Gasteiger partial charge in [-0.25, -0.2) is 0 Å². The molecular weight excluding hydrogens is 338 g/mol. The zero-order valence-electron chi connectivity index (χ0n) is 15.1. The summed E-state index contributed by atoms with van der Waals surface area (Å²) in [6.45, 7) is 8.73. The molecule has 2 rings (SSSR count). The lowest BCUT2D eigenvalue weighted by molar-refractivity contribution is -0.138. The molecule has 0 unspecified atom stereocenters. The number of halogens is 1. The number of likely N-dealkylation sites (N-methyl/N-ethyl adjacent to an activating group) is 1. The van der Waals surface area contributed by atoms with Crippen molar-refractivity contribution in [2.75, 3.05) is 32.7 Å². The minimum atomic E-state index is -0.123. The summed E-state index contributed by atoms with van der Waals surface area (Å²) in [5, 5.41) is 3.70. The maximum atomic E-state index is 12.4. The van der Waals surface area contributed by atoms with Gasteiger partial charge in [0.2, 0.25) is 11.8 Å². The molecule has 0 bridgehead atoms. The van der Waals surface area contributed by atoms with E-state index >= 15 is 0 Å². The van der Waals surface area contributed by atoms with E-state index < -0.39 is 0 Å². The molecule has 0 aliphatic carbocycles. The van der Waals surface area contributed by atoms with Crippen LogP contribution in [0, 0.1) is 5.92 Å². The molecule has 138 valence electrons. The number of benzene rings is 1. The van der Waals surface area contributed by atoms with E-state index in [2.05, 4.69) is 24.1 Å². The molecule has 5 nitrogen and oxygen atoms in total. The van der Waals surface area contributed by atoms with E-state index in [0.717, 1.165) is 25.2 Å². The van der Waals surface area contributed by atoms with E-state index in [1.165, 1.54) is 0 Å². The number of hydrogen-bond acceptors (Lipinski definition) is 3. The lowest BCUT2D eigenvalue weighted by Crippen LogP contribution is -2.46. The van der Waals surface area contributed by atoms with Crippen molar-refractivity contribution in [3.8, 4) is 0 Å². The fourth-order valence-corrected chi connectivity index (χ4v) is 3.24. The van der Waals surface area contributed by atoms with Crippen LogP contribution >= 0.6 is 11.6 Å². The molecule has 1 N–H and O–H groups in total. The van der Waals surface area contributed by atoms with Gasteiger partial charge in [0.05, 0.1) is 5.92 Å². The number of carbonyl (C=O) groups is 2. The number of piperidine rings is 1. The third kappa shape index (κ3) is 6.01. The molecule has 6 heteroatoms. The Balaban J connectivity index is 1.85. The van der Waals surface area contributed by atoms with Crippen molar-refractivity contribution >= 4 is 23.4 Å². The summed E-state index contributed by atoms with van der Waals surface area (Å²) < 4.78 is 0. The van der Waals surface area contributed by atoms with Crippen molar-refractivity contribution in [2.24, 2.45) is 5.92 Å². The molecule has 1 aromatic carbocycles. The van der Waals surface area contributed by atoms with Gasteiger partial charge in [0.1, 0.15) is 0 Å². The highest BCUT2D eigenvalue weighted by atomic mass is 35.5. The Bertz CT molecular complexity index is 573. The zero-order chi connectivity index (χ0) is 18.2. The molecule has 0 radical (unpaired) electrons. The summed E-state index contributed by atoms with van der Waals surface area (Å²) in [5.41, 5.74) is 1.03. The van der Waals surface area contributed by atoms with E-state index in [1.54, 1.807) is 4.90 Å². The molecule has 1 aliphatic rings. The summed E-state index contributed by atoms with van der Waals surface area (Å²) in [5.74, 6) is 0.0459. The molecule has 1 saturated heterocycles. The molecule has 2 amide bonds. The molecule has 1 heterocycles. The second-order valence-corrected chi connectivity index (χ2v) is 6.89. The van der Waals surface area contributed by atoms with Crippen molar-refractivity contribution in [1.29, 1.82) is 0 Å². The van der Waals surface area contributed by atoms with Crippen LogP contribution in [0.5, 0.6) is 0 Å². The van der Waals surface area contributed by atoms with Gasteiger partial charge in [-0.3, -0.25) is 9.59 Å². The van der Waals surface area contributed by atoms with Crippen LogP contribution in [0.3, 0.4) is 0 Å². The predicted octanol–water partition coefficient (Wildman–Crippen LogP) is 2.54. The van der Waals surface area contributed by atoms with Gasteiger partial charge >= 0.3 is 0 Å². The average molecular weight is 366 g/mol. The fraction of sp³-hybridized carbons (Fsp3) is 0.579. The Morgan fingerprint density at radius 2 is 1.96 bits per heavy atom. The van der Waals surface area contributed by atoms with Crippen molar-refractivity contribution in [3.63, 3.8) is 0 Å². The van der Waals surface area contributed by atoms with Crippen LogP contribution < -0.4 is 5.32 Å². The maximum absolute atomic E-state index is 12.4. The molecular formula is C19H28ClN3O2. The van der Waals surface area contributed by atoms with Gasteiger partial charge in [-0.1, -0.05) is 37.6 Å². The predicted molar refractivity (Wildman–Crippen MR) is 100 cm³/mol. The van der Waals surface area contributed by atoms with Gasteiger partial charge < -0.3 is 15.1 Å². The number of carbonyl (C=O) groups excluding carboxylic acids is 2. The minimum Gasteiger partial charge on any atom is -0.355 e. The van der Waals surface area contributed by atoms with Crippen LogP contribution in [0.4, 0.5) is 0 Å². The number of amides is 2. The van der Waals surface area contributed by atoms with E-state index in [4.69, 9.17) is 11.6 Å². The third-order valence-corrected chi connectivity index (χ3v) is 5.03.